The van der Waals surface area contributed by atoms with Crippen LogP contribution in [0.3, 0.4) is 0 Å². The van der Waals surface area contributed by atoms with Crippen LogP contribution in [-0.2, 0) is 6.61 Å². The second-order valence-corrected chi connectivity index (χ2v) is 5.50. The summed E-state index contributed by atoms with van der Waals surface area (Å²) in [7, 11) is 3.89. The molecule has 0 aliphatic carbocycles. The normalized spacial score (nSPS) is 10.4. The molecule has 2 rings (SSSR count). The van der Waals surface area contributed by atoms with Gasteiger partial charge in [-0.25, -0.2) is 4.39 Å². The molecule has 0 atom stereocenters. The highest BCUT2D eigenvalue weighted by atomic mass is 79.9. The number of ether oxygens (including phenoxy) is 1. The first-order valence-electron chi connectivity index (χ1n) is 6.11. The zero-order chi connectivity index (χ0) is 14.7. The molecule has 0 bridgehead atoms. The van der Waals surface area contributed by atoms with E-state index in [-0.39, 0.29) is 12.4 Å². The average Bonchev–Trinajstić information content (AvgIpc) is 2.41. The molecular weight excluding hydrogens is 323 g/mol. The topological polar surface area (TPSA) is 38.5 Å². The van der Waals surface area contributed by atoms with Crippen molar-refractivity contribution in [2.75, 3.05) is 24.7 Å². The number of hydrogen-bond acceptors (Lipinski definition) is 3. The predicted octanol–water partition coefficient (Wildman–Crippen LogP) is 3.82. The molecule has 0 saturated carbocycles. The number of nitrogens with zero attached hydrogens (tertiary/aromatic N) is 1. The number of nitrogens with two attached hydrogens (primary N) is 1. The first kappa shape index (κ1) is 14.7. The fraction of sp³-hybridized carbons (Fsp3) is 0.200. The van der Waals surface area contributed by atoms with Crippen LogP contribution in [0.2, 0.25) is 0 Å². The van der Waals surface area contributed by atoms with E-state index < -0.39 is 0 Å². The monoisotopic (exact) mass is 338 g/mol. The maximum absolute atomic E-state index is 13.2. The van der Waals surface area contributed by atoms with E-state index in [1.807, 2.05) is 31.1 Å². The summed E-state index contributed by atoms with van der Waals surface area (Å²) < 4.78 is 19.7. The van der Waals surface area contributed by atoms with Gasteiger partial charge in [-0.15, -0.1) is 0 Å². The standard InChI is InChI=1S/C15H16BrFN2O/c1-19(2)12-4-6-14(18)15(8-12)20-9-10-7-11(17)3-5-13(10)16/h3-8H,9,18H2,1-2H3. The lowest BCUT2D eigenvalue weighted by molar-refractivity contribution is 0.306. The molecule has 0 spiro atoms. The second kappa shape index (κ2) is 6.13. The van der Waals surface area contributed by atoms with Crippen molar-refractivity contribution in [2.45, 2.75) is 6.61 Å². The molecule has 0 fully saturated rings. The Morgan fingerprint density at radius 1 is 1.20 bits per heavy atom. The third-order valence-corrected chi connectivity index (χ3v) is 3.68. The minimum Gasteiger partial charge on any atom is -0.487 e. The van der Waals surface area contributed by atoms with Crippen LogP contribution in [0.4, 0.5) is 15.8 Å². The van der Waals surface area contributed by atoms with Gasteiger partial charge in [-0.1, -0.05) is 15.9 Å². The lowest BCUT2D eigenvalue weighted by Crippen LogP contribution is -2.09. The van der Waals surface area contributed by atoms with E-state index in [2.05, 4.69) is 15.9 Å². The van der Waals surface area contributed by atoms with Crippen LogP contribution in [0, 0.1) is 5.82 Å². The van der Waals surface area contributed by atoms with E-state index in [0.717, 1.165) is 15.7 Å². The maximum Gasteiger partial charge on any atom is 0.144 e. The number of rotatable bonds is 4. The molecule has 0 unspecified atom stereocenters. The summed E-state index contributed by atoms with van der Waals surface area (Å²) in [5.74, 6) is 0.300. The molecule has 2 N–H and O–H groups in total. The van der Waals surface area contributed by atoms with Crippen LogP contribution >= 0.6 is 15.9 Å². The lowest BCUT2D eigenvalue weighted by atomic mass is 10.2. The van der Waals surface area contributed by atoms with E-state index in [4.69, 9.17) is 10.5 Å². The summed E-state index contributed by atoms with van der Waals surface area (Å²) in [5.41, 5.74) is 8.18. The average molecular weight is 339 g/mol. The van der Waals surface area contributed by atoms with Gasteiger partial charge in [-0.3, -0.25) is 0 Å². The Morgan fingerprint density at radius 3 is 2.65 bits per heavy atom. The summed E-state index contributed by atoms with van der Waals surface area (Å²) in [5, 5.41) is 0. The quantitative estimate of drug-likeness (QED) is 0.861. The van der Waals surface area contributed by atoms with E-state index in [1.165, 1.54) is 12.1 Å². The minimum atomic E-state index is -0.290. The minimum absolute atomic E-state index is 0.249. The third kappa shape index (κ3) is 3.42. The van der Waals surface area contributed by atoms with Crippen molar-refractivity contribution in [1.82, 2.24) is 0 Å². The SMILES string of the molecule is CN(C)c1ccc(N)c(OCc2cc(F)ccc2Br)c1. The summed E-state index contributed by atoms with van der Waals surface area (Å²) in [6.07, 6.45) is 0. The van der Waals surface area contributed by atoms with Crippen molar-refractivity contribution in [1.29, 1.82) is 0 Å². The van der Waals surface area contributed by atoms with Gasteiger partial charge in [0.2, 0.25) is 0 Å². The van der Waals surface area contributed by atoms with Crippen molar-refractivity contribution in [3.63, 3.8) is 0 Å². The van der Waals surface area contributed by atoms with Crippen LogP contribution in [0.15, 0.2) is 40.9 Å². The fourth-order valence-electron chi connectivity index (χ4n) is 1.74. The number of hydrogen-bond donors (Lipinski definition) is 1. The summed E-state index contributed by atoms with van der Waals surface area (Å²) in [6, 6.07) is 10.1. The van der Waals surface area contributed by atoms with E-state index in [1.54, 1.807) is 12.1 Å². The van der Waals surface area contributed by atoms with Gasteiger partial charge in [0.25, 0.3) is 0 Å². The largest absolute Gasteiger partial charge is 0.487 e. The summed E-state index contributed by atoms with van der Waals surface area (Å²) in [6.45, 7) is 0.249. The molecule has 2 aromatic rings. The first-order valence-corrected chi connectivity index (χ1v) is 6.90. The van der Waals surface area contributed by atoms with Gasteiger partial charge in [0.1, 0.15) is 18.2 Å². The second-order valence-electron chi connectivity index (χ2n) is 4.64. The molecule has 0 heterocycles. The Morgan fingerprint density at radius 2 is 1.95 bits per heavy atom. The highest BCUT2D eigenvalue weighted by molar-refractivity contribution is 9.10. The van der Waals surface area contributed by atoms with Gasteiger partial charge in [-0.2, -0.15) is 0 Å². The molecule has 0 amide bonds. The fourth-order valence-corrected chi connectivity index (χ4v) is 2.10. The molecule has 3 nitrogen and oxygen atoms in total. The highest BCUT2D eigenvalue weighted by Gasteiger charge is 2.07. The number of anilines is 2. The van der Waals surface area contributed by atoms with Crippen LogP contribution in [-0.4, -0.2) is 14.1 Å². The van der Waals surface area contributed by atoms with Gasteiger partial charge < -0.3 is 15.4 Å². The van der Waals surface area contributed by atoms with Crippen LogP contribution in [0.5, 0.6) is 5.75 Å². The maximum atomic E-state index is 13.2. The van der Waals surface area contributed by atoms with Crippen molar-refractivity contribution in [3.05, 3.63) is 52.3 Å². The third-order valence-electron chi connectivity index (χ3n) is 2.90. The molecule has 0 saturated heterocycles. The van der Waals surface area contributed by atoms with Gasteiger partial charge in [-0.05, 0) is 30.3 Å². The molecular formula is C15H16BrFN2O. The first-order chi connectivity index (χ1) is 9.47. The molecule has 0 radical (unpaired) electrons. The van der Waals surface area contributed by atoms with E-state index >= 15 is 0 Å². The summed E-state index contributed by atoms with van der Waals surface area (Å²) in [4.78, 5) is 1.96. The number of halogens is 2. The number of benzene rings is 2. The molecule has 0 aromatic heterocycles. The van der Waals surface area contributed by atoms with Crippen molar-refractivity contribution < 1.29 is 9.13 Å². The predicted molar refractivity (Wildman–Crippen MR) is 83.6 cm³/mol. The molecule has 0 aliphatic rings. The molecule has 2 aromatic carbocycles. The van der Waals surface area contributed by atoms with E-state index in [0.29, 0.717) is 11.4 Å². The molecule has 0 aliphatic heterocycles. The van der Waals surface area contributed by atoms with Gasteiger partial charge in [0.05, 0.1) is 5.69 Å². The van der Waals surface area contributed by atoms with Crippen molar-refractivity contribution >= 4 is 27.3 Å². The van der Waals surface area contributed by atoms with Gasteiger partial charge in [0.15, 0.2) is 0 Å². The Hall–Kier alpha value is -1.75. The van der Waals surface area contributed by atoms with Crippen LogP contribution in [0.25, 0.3) is 0 Å². The van der Waals surface area contributed by atoms with Gasteiger partial charge in [0, 0.05) is 35.9 Å². The van der Waals surface area contributed by atoms with Gasteiger partial charge >= 0.3 is 0 Å². The number of nitrogen functional groups attached to an aromatic ring is 1. The Kier molecular flexibility index (Phi) is 4.49. The summed E-state index contributed by atoms with van der Waals surface area (Å²) >= 11 is 3.37. The Bertz CT molecular complexity index is 617. The van der Waals surface area contributed by atoms with Crippen molar-refractivity contribution in [3.8, 4) is 5.75 Å². The molecule has 106 valence electrons. The zero-order valence-corrected chi connectivity index (χ0v) is 12.9. The van der Waals surface area contributed by atoms with Crippen molar-refractivity contribution in [2.24, 2.45) is 0 Å². The molecule has 5 heteroatoms. The lowest BCUT2D eigenvalue weighted by Gasteiger charge is -2.16. The Balaban J connectivity index is 2.18. The van der Waals surface area contributed by atoms with Crippen LogP contribution in [0.1, 0.15) is 5.56 Å². The Labute approximate surface area is 126 Å². The van der Waals surface area contributed by atoms with E-state index in [9.17, 15) is 4.39 Å². The molecule has 20 heavy (non-hydrogen) atoms. The van der Waals surface area contributed by atoms with Crippen LogP contribution < -0.4 is 15.4 Å². The smallest absolute Gasteiger partial charge is 0.144 e. The highest BCUT2D eigenvalue weighted by Crippen LogP contribution is 2.28. The zero-order valence-electron chi connectivity index (χ0n) is 11.4.